The van der Waals surface area contributed by atoms with Gasteiger partial charge in [-0.3, -0.25) is 0 Å². The van der Waals surface area contributed by atoms with E-state index in [4.69, 9.17) is 9.47 Å². The van der Waals surface area contributed by atoms with Crippen molar-refractivity contribution in [1.29, 1.82) is 0 Å². The van der Waals surface area contributed by atoms with Crippen molar-refractivity contribution >= 4 is 15.9 Å². The van der Waals surface area contributed by atoms with Crippen LogP contribution in [0.15, 0.2) is 71.2 Å². The zero-order valence-electron chi connectivity index (χ0n) is 18.7. The maximum Gasteiger partial charge on any atom is 0.175 e. The molecule has 1 unspecified atom stereocenters. The number of hydrogen-bond acceptors (Lipinski definition) is 3. The van der Waals surface area contributed by atoms with Gasteiger partial charge in [0.05, 0.1) is 11.1 Å². The average molecular weight is 482 g/mol. The summed E-state index contributed by atoms with van der Waals surface area (Å²) in [5, 5.41) is 3.72. The molecule has 0 aromatic heterocycles. The first-order chi connectivity index (χ1) is 15.1. The van der Waals surface area contributed by atoms with Crippen molar-refractivity contribution in [3.8, 4) is 11.5 Å². The van der Waals surface area contributed by atoms with Gasteiger partial charge in [-0.15, -0.1) is 0 Å². The Balaban J connectivity index is 1.73. The highest BCUT2D eigenvalue weighted by Gasteiger charge is 2.15. The van der Waals surface area contributed by atoms with Gasteiger partial charge in [0.15, 0.2) is 11.5 Å². The first-order valence-corrected chi connectivity index (χ1v) is 11.8. The number of rotatable bonds is 11. The summed E-state index contributed by atoms with van der Waals surface area (Å²) in [7, 11) is 0. The summed E-state index contributed by atoms with van der Waals surface area (Å²) in [6, 6.07) is 23.6. The van der Waals surface area contributed by atoms with Crippen molar-refractivity contribution in [3.05, 3.63) is 93.5 Å². The van der Waals surface area contributed by atoms with E-state index in [1.54, 1.807) is 0 Å². The molecule has 0 fully saturated rings. The standard InChI is InChI=1S/C27H32BrNO2/c1-4-9-25(23-10-7-6-8-11-23)29-18-22-16-24(28)27(26(17-22)30-5-2)31-19-21-14-12-20(3)13-15-21/h6-8,10-17,25,29H,4-5,9,18-19H2,1-3H3. The molecular formula is C27H32BrNO2. The van der Waals surface area contributed by atoms with E-state index >= 15 is 0 Å². The molecule has 0 aliphatic rings. The number of aryl methyl sites for hydroxylation is 1. The zero-order valence-corrected chi connectivity index (χ0v) is 20.2. The van der Waals surface area contributed by atoms with Gasteiger partial charge in [-0.2, -0.15) is 0 Å². The van der Waals surface area contributed by atoms with Crippen LogP contribution < -0.4 is 14.8 Å². The highest BCUT2D eigenvalue weighted by atomic mass is 79.9. The maximum absolute atomic E-state index is 6.14. The Hall–Kier alpha value is -2.30. The van der Waals surface area contributed by atoms with Gasteiger partial charge in [0, 0.05) is 12.6 Å². The van der Waals surface area contributed by atoms with Gasteiger partial charge in [-0.05, 0) is 65.0 Å². The molecule has 3 aromatic carbocycles. The summed E-state index contributed by atoms with van der Waals surface area (Å²) < 4.78 is 13.0. The van der Waals surface area contributed by atoms with Crippen LogP contribution in [0.4, 0.5) is 0 Å². The van der Waals surface area contributed by atoms with Crippen molar-refractivity contribution in [2.45, 2.75) is 52.8 Å². The first-order valence-electron chi connectivity index (χ1n) is 11.0. The number of benzene rings is 3. The summed E-state index contributed by atoms with van der Waals surface area (Å²) in [4.78, 5) is 0. The SMILES string of the molecule is CCCC(NCc1cc(Br)c(OCc2ccc(C)cc2)c(OCC)c1)c1ccccc1. The Bertz CT molecular complexity index is 941. The van der Waals surface area contributed by atoms with Gasteiger partial charge >= 0.3 is 0 Å². The second-order valence-electron chi connectivity index (χ2n) is 7.75. The van der Waals surface area contributed by atoms with Gasteiger partial charge in [-0.25, -0.2) is 0 Å². The van der Waals surface area contributed by atoms with Gasteiger partial charge < -0.3 is 14.8 Å². The molecule has 31 heavy (non-hydrogen) atoms. The number of hydrogen-bond donors (Lipinski definition) is 1. The monoisotopic (exact) mass is 481 g/mol. The van der Waals surface area contributed by atoms with E-state index in [0.29, 0.717) is 19.3 Å². The average Bonchev–Trinajstić information content (AvgIpc) is 2.78. The fourth-order valence-corrected chi connectivity index (χ4v) is 4.17. The molecule has 0 amide bonds. The second-order valence-corrected chi connectivity index (χ2v) is 8.60. The molecule has 3 nitrogen and oxygen atoms in total. The molecule has 1 N–H and O–H groups in total. The largest absolute Gasteiger partial charge is 0.490 e. The molecule has 3 aromatic rings. The van der Waals surface area contributed by atoms with Crippen molar-refractivity contribution in [1.82, 2.24) is 5.32 Å². The quantitative estimate of drug-likeness (QED) is 0.310. The van der Waals surface area contributed by atoms with Gasteiger partial charge in [-0.1, -0.05) is 73.5 Å². The Morgan fingerprint density at radius 1 is 0.903 bits per heavy atom. The highest BCUT2D eigenvalue weighted by Crippen LogP contribution is 2.37. The lowest BCUT2D eigenvalue weighted by molar-refractivity contribution is 0.267. The van der Waals surface area contributed by atoms with Crippen LogP contribution in [0.3, 0.4) is 0 Å². The zero-order chi connectivity index (χ0) is 22.1. The lowest BCUT2D eigenvalue weighted by Gasteiger charge is -2.20. The van der Waals surface area contributed by atoms with Gasteiger partial charge in [0.2, 0.25) is 0 Å². The van der Waals surface area contributed by atoms with Crippen molar-refractivity contribution < 1.29 is 9.47 Å². The number of ether oxygens (including phenoxy) is 2. The van der Waals surface area contributed by atoms with Crippen LogP contribution in [-0.4, -0.2) is 6.61 Å². The van der Waals surface area contributed by atoms with Crippen molar-refractivity contribution in [2.75, 3.05) is 6.61 Å². The first kappa shape index (κ1) is 23.4. The Morgan fingerprint density at radius 2 is 1.65 bits per heavy atom. The molecule has 0 heterocycles. The summed E-state index contributed by atoms with van der Waals surface area (Å²) in [6.45, 7) is 8.16. The van der Waals surface area contributed by atoms with E-state index in [0.717, 1.165) is 46.5 Å². The lowest BCUT2D eigenvalue weighted by atomic mass is 10.0. The van der Waals surface area contributed by atoms with E-state index in [1.165, 1.54) is 11.1 Å². The van der Waals surface area contributed by atoms with Crippen LogP contribution >= 0.6 is 15.9 Å². The predicted molar refractivity (Wildman–Crippen MR) is 132 cm³/mol. The summed E-state index contributed by atoms with van der Waals surface area (Å²) in [5.41, 5.74) is 4.87. The molecule has 0 radical (unpaired) electrons. The fourth-order valence-electron chi connectivity index (χ4n) is 3.57. The van der Waals surface area contributed by atoms with Gasteiger partial charge in [0.25, 0.3) is 0 Å². The Morgan fingerprint density at radius 3 is 2.32 bits per heavy atom. The van der Waals surface area contributed by atoms with Crippen LogP contribution in [0.2, 0.25) is 0 Å². The summed E-state index contributed by atoms with van der Waals surface area (Å²) >= 11 is 3.70. The molecule has 0 saturated heterocycles. The third-order valence-corrected chi connectivity index (χ3v) is 5.79. The summed E-state index contributed by atoms with van der Waals surface area (Å²) in [6.07, 6.45) is 2.23. The lowest BCUT2D eigenvalue weighted by Crippen LogP contribution is -2.21. The molecule has 0 saturated carbocycles. The van der Waals surface area contributed by atoms with E-state index in [2.05, 4.69) is 102 Å². The molecule has 1 atom stereocenters. The minimum atomic E-state index is 0.331. The molecule has 4 heteroatoms. The van der Waals surface area contributed by atoms with Crippen molar-refractivity contribution in [2.24, 2.45) is 0 Å². The van der Waals surface area contributed by atoms with E-state index in [9.17, 15) is 0 Å². The minimum Gasteiger partial charge on any atom is -0.490 e. The predicted octanol–water partition coefficient (Wildman–Crippen LogP) is 7.37. The normalized spacial score (nSPS) is 11.9. The van der Waals surface area contributed by atoms with Crippen LogP contribution in [0.5, 0.6) is 11.5 Å². The molecule has 164 valence electrons. The molecule has 0 aliphatic carbocycles. The van der Waals surface area contributed by atoms with Gasteiger partial charge in [0.1, 0.15) is 6.61 Å². The topological polar surface area (TPSA) is 30.5 Å². The number of nitrogens with one attached hydrogen (secondary N) is 1. The summed E-state index contributed by atoms with van der Waals surface area (Å²) in [5.74, 6) is 1.52. The molecule has 3 rings (SSSR count). The molecule has 0 aliphatic heterocycles. The van der Waals surface area contributed by atoms with E-state index in [-0.39, 0.29) is 0 Å². The third kappa shape index (κ3) is 6.84. The Labute approximate surface area is 194 Å². The number of halogens is 1. The fraction of sp³-hybridized carbons (Fsp3) is 0.333. The maximum atomic E-state index is 6.14. The third-order valence-electron chi connectivity index (χ3n) is 5.20. The molecule has 0 bridgehead atoms. The van der Waals surface area contributed by atoms with E-state index in [1.807, 2.05) is 6.92 Å². The Kier molecular flexibility index (Phi) is 8.98. The van der Waals surface area contributed by atoms with Crippen LogP contribution in [0, 0.1) is 6.92 Å². The van der Waals surface area contributed by atoms with Crippen LogP contribution in [0.1, 0.15) is 55.0 Å². The van der Waals surface area contributed by atoms with Crippen LogP contribution in [0.25, 0.3) is 0 Å². The van der Waals surface area contributed by atoms with E-state index < -0.39 is 0 Å². The van der Waals surface area contributed by atoms with Crippen LogP contribution in [-0.2, 0) is 13.2 Å². The highest BCUT2D eigenvalue weighted by molar-refractivity contribution is 9.10. The smallest absolute Gasteiger partial charge is 0.175 e. The second kappa shape index (κ2) is 11.9. The molecule has 0 spiro atoms. The molecular weight excluding hydrogens is 450 g/mol. The van der Waals surface area contributed by atoms with Crippen molar-refractivity contribution in [3.63, 3.8) is 0 Å². The minimum absolute atomic E-state index is 0.331.